The summed E-state index contributed by atoms with van der Waals surface area (Å²) in [5, 5.41) is 9.42. The molecule has 4 heteroatoms. The van der Waals surface area contributed by atoms with Gasteiger partial charge in [-0.15, -0.1) is 0 Å². The van der Waals surface area contributed by atoms with E-state index in [4.69, 9.17) is 9.52 Å². The molecule has 1 aromatic heterocycles. The van der Waals surface area contributed by atoms with Gasteiger partial charge < -0.3 is 9.52 Å². The Balaban J connectivity index is 2.62. The highest BCUT2D eigenvalue weighted by Gasteiger charge is 2.15. The summed E-state index contributed by atoms with van der Waals surface area (Å²) in [7, 11) is 0. The molecule has 1 heterocycles. The van der Waals surface area contributed by atoms with E-state index in [1.54, 1.807) is 24.8 Å². The van der Waals surface area contributed by atoms with E-state index < -0.39 is 5.97 Å². The summed E-state index contributed by atoms with van der Waals surface area (Å²) in [6.07, 6.45) is 0. The smallest absolute Gasteiger partial charge is 0.339 e. The molecule has 90 valence electrons. The van der Waals surface area contributed by atoms with Crippen LogP contribution in [-0.4, -0.2) is 16.3 Å². The van der Waals surface area contributed by atoms with Gasteiger partial charge in [-0.05, 0) is 18.9 Å². The molecule has 0 spiro atoms. The molecule has 0 saturated heterocycles. The van der Waals surface area contributed by atoms with Crippen LogP contribution in [-0.2, 0) is 5.75 Å². The first-order chi connectivity index (χ1) is 7.41. The van der Waals surface area contributed by atoms with E-state index in [1.165, 1.54) is 0 Å². The lowest BCUT2D eigenvalue weighted by Crippen LogP contribution is -2.05. The van der Waals surface area contributed by atoms with Gasteiger partial charge in [0.05, 0.1) is 5.75 Å². The second-order valence-electron chi connectivity index (χ2n) is 4.25. The van der Waals surface area contributed by atoms with Gasteiger partial charge in [-0.3, -0.25) is 0 Å². The van der Waals surface area contributed by atoms with Crippen molar-refractivity contribution in [3.05, 3.63) is 23.2 Å². The van der Waals surface area contributed by atoms with E-state index in [0.717, 1.165) is 11.5 Å². The topological polar surface area (TPSA) is 50.4 Å². The maximum atomic E-state index is 10.8. The SMILES string of the molecule is Cc1oc(CSC(C)C(C)C)cc1C(=O)O. The normalized spacial score (nSPS) is 13.1. The minimum Gasteiger partial charge on any atom is -0.478 e. The van der Waals surface area contributed by atoms with Crippen molar-refractivity contribution in [1.82, 2.24) is 0 Å². The predicted octanol–water partition coefficient (Wildman–Crippen LogP) is 3.56. The Kier molecular flexibility index (Phi) is 4.47. The quantitative estimate of drug-likeness (QED) is 0.857. The van der Waals surface area contributed by atoms with E-state index >= 15 is 0 Å². The largest absolute Gasteiger partial charge is 0.478 e. The molecule has 0 amide bonds. The standard InChI is InChI=1S/C12H18O3S/c1-7(2)9(4)16-6-10-5-11(12(13)14)8(3)15-10/h5,7,9H,6H2,1-4H3,(H,13,14). The van der Waals surface area contributed by atoms with Gasteiger partial charge in [0.25, 0.3) is 0 Å². The number of aromatic carboxylic acids is 1. The van der Waals surface area contributed by atoms with Crippen molar-refractivity contribution in [3.63, 3.8) is 0 Å². The molecule has 0 bridgehead atoms. The van der Waals surface area contributed by atoms with Gasteiger partial charge in [-0.1, -0.05) is 20.8 Å². The second kappa shape index (κ2) is 5.43. The number of carboxylic acids is 1. The Bertz CT molecular complexity index is 368. The van der Waals surface area contributed by atoms with Gasteiger partial charge in [-0.25, -0.2) is 4.79 Å². The number of carbonyl (C=O) groups is 1. The number of furan rings is 1. The molecular weight excluding hydrogens is 224 g/mol. The van der Waals surface area contributed by atoms with Gasteiger partial charge >= 0.3 is 5.97 Å². The second-order valence-corrected chi connectivity index (χ2v) is 5.61. The number of hydrogen-bond acceptors (Lipinski definition) is 3. The third-order valence-corrected chi connectivity index (χ3v) is 4.15. The number of rotatable bonds is 5. The summed E-state index contributed by atoms with van der Waals surface area (Å²) in [5.41, 5.74) is 0.271. The summed E-state index contributed by atoms with van der Waals surface area (Å²) < 4.78 is 5.40. The molecule has 1 atom stereocenters. The Morgan fingerprint density at radius 1 is 1.50 bits per heavy atom. The minimum absolute atomic E-state index is 0.271. The fourth-order valence-electron chi connectivity index (χ4n) is 1.23. The van der Waals surface area contributed by atoms with Crippen molar-refractivity contribution in [2.75, 3.05) is 0 Å². The molecule has 0 aliphatic carbocycles. The highest BCUT2D eigenvalue weighted by atomic mass is 32.2. The molecule has 16 heavy (non-hydrogen) atoms. The monoisotopic (exact) mass is 242 g/mol. The maximum Gasteiger partial charge on any atom is 0.339 e. The zero-order valence-electron chi connectivity index (χ0n) is 10.1. The Hall–Kier alpha value is -0.900. The average Bonchev–Trinajstić information content (AvgIpc) is 2.56. The minimum atomic E-state index is -0.922. The Labute approximate surface area is 100 Å². The molecule has 0 aliphatic heterocycles. The van der Waals surface area contributed by atoms with Crippen LogP contribution in [0.1, 0.15) is 42.6 Å². The van der Waals surface area contributed by atoms with Crippen molar-refractivity contribution in [1.29, 1.82) is 0 Å². The van der Waals surface area contributed by atoms with Gasteiger partial charge in [-0.2, -0.15) is 11.8 Å². The van der Waals surface area contributed by atoms with Crippen LogP contribution in [0.4, 0.5) is 0 Å². The predicted molar refractivity (Wildman–Crippen MR) is 66.0 cm³/mol. The van der Waals surface area contributed by atoms with Crippen molar-refractivity contribution in [2.24, 2.45) is 5.92 Å². The third kappa shape index (κ3) is 3.30. The molecule has 0 radical (unpaired) electrons. The molecular formula is C12H18O3S. The average molecular weight is 242 g/mol. The Morgan fingerprint density at radius 2 is 2.12 bits per heavy atom. The van der Waals surface area contributed by atoms with E-state index in [0.29, 0.717) is 16.9 Å². The lowest BCUT2D eigenvalue weighted by molar-refractivity contribution is 0.0695. The lowest BCUT2D eigenvalue weighted by atomic mass is 10.2. The summed E-state index contributed by atoms with van der Waals surface area (Å²) in [6, 6.07) is 1.62. The van der Waals surface area contributed by atoms with Gasteiger partial charge in [0.15, 0.2) is 0 Å². The highest BCUT2D eigenvalue weighted by molar-refractivity contribution is 7.99. The molecule has 0 aliphatic rings. The number of aryl methyl sites for hydroxylation is 1. The molecule has 0 fully saturated rings. The first kappa shape index (κ1) is 13.2. The fourth-order valence-corrected chi connectivity index (χ4v) is 2.19. The molecule has 1 N–H and O–H groups in total. The zero-order valence-corrected chi connectivity index (χ0v) is 10.9. The Morgan fingerprint density at radius 3 is 2.56 bits per heavy atom. The molecule has 1 rings (SSSR count). The zero-order chi connectivity index (χ0) is 12.3. The first-order valence-corrected chi connectivity index (χ1v) is 6.41. The van der Waals surface area contributed by atoms with Crippen LogP contribution in [0.2, 0.25) is 0 Å². The maximum absolute atomic E-state index is 10.8. The molecule has 1 unspecified atom stereocenters. The van der Waals surface area contributed by atoms with E-state index in [1.807, 2.05) is 0 Å². The van der Waals surface area contributed by atoms with E-state index in [2.05, 4.69) is 20.8 Å². The van der Waals surface area contributed by atoms with Crippen LogP contribution >= 0.6 is 11.8 Å². The number of hydrogen-bond donors (Lipinski definition) is 1. The third-order valence-electron chi connectivity index (χ3n) is 2.63. The van der Waals surface area contributed by atoms with Crippen molar-refractivity contribution in [2.45, 2.75) is 38.7 Å². The van der Waals surface area contributed by atoms with E-state index in [-0.39, 0.29) is 5.56 Å². The molecule has 0 saturated carbocycles. The van der Waals surface area contributed by atoms with E-state index in [9.17, 15) is 4.79 Å². The van der Waals surface area contributed by atoms with Gasteiger partial charge in [0.2, 0.25) is 0 Å². The summed E-state index contributed by atoms with van der Waals surface area (Å²) in [6.45, 7) is 8.20. The molecule has 0 aromatic carbocycles. The molecule has 3 nitrogen and oxygen atoms in total. The van der Waals surface area contributed by atoms with Crippen LogP contribution in [0.15, 0.2) is 10.5 Å². The summed E-state index contributed by atoms with van der Waals surface area (Å²) >= 11 is 1.78. The lowest BCUT2D eigenvalue weighted by Gasteiger charge is -2.13. The van der Waals surface area contributed by atoms with Gasteiger partial charge in [0, 0.05) is 5.25 Å². The number of carboxylic acid groups (broad SMARTS) is 1. The first-order valence-electron chi connectivity index (χ1n) is 5.36. The molecule has 1 aromatic rings. The van der Waals surface area contributed by atoms with Crippen LogP contribution in [0.25, 0.3) is 0 Å². The van der Waals surface area contributed by atoms with Crippen LogP contribution < -0.4 is 0 Å². The van der Waals surface area contributed by atoms with Crippen molar-refractivity contribution < 1.29 is 14.3 Å². The van der Waals surface area contributed by atoms with Crippen LogP contribution in [0.5, 0.6) is 0 Å². The number of thioether (sulfide) groups is 1. The summed E-state index contributed by atoms with van der Waals surface area (Å²) in [5.74, 6) is 1.65. The van der Waals surface area contributed by atoms with Crippen molar-refractivity contribution >= 4 is 17.7 Å². The fraction of sp³-hybridized carbons (Fsp3) is 0.583. The van der Waals surface area contributed by atoms with Crippen LogP contribution in [0, 0.1) is 12.8 Å². The van der Waals surface area contributed by atoms with Crippen LogP contribution in [0.3, 0.4) is 0 Å². The summed E-state index contributed by atoms with van der Waals surface area (Å²) in [4.78, 5) is 10.8. The van der Waals surface area contributed by atoms with Crippen molar-refractivity contribution in [3.8, 4) is 0 Å². The van der Waals surface area contributed by atoms with Gasteiger partial charge in [0.1, 0.15) is 17.1 Å². The highest BCUT2D eigenvalue weighted by Crippen LogP contribution is 2.25.